The van der Waals surface area contributed by atoms with Gasteiger partial charge in [0.05, 0.1) is 17.4 Å². The largest absolute Gasteiger partial charge is 0.369 e. The molecule has 132 valence electrons. The van der Waals surface area contributed by atoms with E-state index in [9.17, 15) is 9.59 Å². The van der Waals surface area contributed by atoms with Crippen molar-refractivity contribution in [3.05, 3.63) is 42.2 Å². The van der Waals surface area contributed by atoms with Gasteiger partial charge in [0.25, 0.3) is 0 Å². The zero-order valence-corrected chi connectivity index (χ0v) is 15.0. The normalized spacial score (nSPS) is 17.5. The van der Waals surface area contributed by atoms with Crippen molar-refractivity contribution < 1.29 is 9.59 Å². The third kappa shape index (κ3) is 4.04. The summed E-state index contributed by atoms with van der Waals surface area (Å²) in [5.74, 6) is -0.221. The Kier molecular flexibility index (Phi) is 5.43. The SMILES string of the molecule is Cc1ccccc1-n1ccnc1SCC(=O)N1CCCC(C(N)=O)C1. The number of hydrogen-bond acceptors (Lipinski definition) is 4. The highest BCUT2D eigenvalue weighted by molar-refractivity contribution is 7.99. The maximum absolute atomic E-state index is 12.5. The second-order valence-electron chi connectivity index (χ2n) is 6.24. The van der Waals surface area contributed by atoms with Gasteiger partial charge in [0.1, 0.15) is 0 Å². The van der Waals surface area contributed by atoms with Gasteiger partial charge in [-0.2, -0.15) is 0 Å². The predicted octanol–water partition coefficient (Wildman–Crippen LogP) is 2.00. The van der Waals surface area contributed by atoms with Gasteiger partial charge in [-0.25, -0.2) is 4.98 Å². The van der Waals surface area contributed by atoms with Crippen molar-refractivity contribution in [2.75, 3.05) is 18.8 Å². The first kappa shape index (κ1) is 17.5. The first-order chi connectivity index (χ1) is 12.1. The summed E-state index contributed by atoms with van der Waals surface area (Å²) in [6, 6.07) is 8.06. The number of piperidine rings is 1. The average Bonchev–Trinajstić information content (AvgIpc) is 3.08. The summed E-state index contributed by atoms with van der Waals surface area (Å²) in [5, 5.41) is 0.783. The quantitative estimate of drug-likeness (QED) is 0.829. The number of likely N-dealkylation sites (tertiary alicyclic amines) is 1. The highest BCUT2D eigenvalue weighted by atomic mass is 32.2. The lowest BCUT2D eigenvalue weighted by molar-refractivity contribution is -0.132. The fourth-order valence-corrected chi connectivity index (χ4v) is 3.94. The molecule has 0 bridgehead atoms. The molecule has 2 heterocycles. The van der Waals surface area contributed by atoms with Crippen LogP contribution in [0, 0.1) is 12.8 Å². The Morgan fingerprint density at radius 3 is 2.92 bits per heavy atom. The van der Waals surface area contributed by atoms with Gasteiger partial charge in [0, 0.05) is 25.5 Å². The Morgan fingerprint density at radius 2 is 2.16 bits per heavy atom. The van der Waals surface area contributed by atoms with E-state index in [4.69, 9.17) is 5.73 Å². The smallest absolute Gasteiger partial charge is 0.233 e. The van der Waals surface area contributed by atoms with Crippen molar-refractivity contribution >= 4 is 23.6 Å². The summed E-state index contributed by atoms with van der Waals surface area (Å²) in [6.45, 7) is 3.17. The zero-order chi connectivity index (χ0) is 17.8. The Morgan fingerprint density at radius 1 is 1.36 bits per heavy atom. The van der Waals surface area contributed by atoms with Crippen LogP contribution in [0.25, 0.3) is 5.69 Å². The van der Waals surface area contributed by atoms with Gasteiger partial charge in [-0.15, -0.1) is 0 Å². The van der Waals surface area contributed by atoms with E-state index in [2.05, 4.69) is 4.98 Å². The van der Waals surface area contributed by atoms with Gasteiger partial charge in [-0.3, -0.25) is 14.2 Å². The van der Waals surface area contributed by atoms with Gasteiger partial charge in [0.2, 0.25) is 11.8 Å². The fourth-order valence-electron chi connectivity index (χ4n) is 3.07. The van der Waals surface area contributed by atoms with Gasteiger partial charge in [-0.1, -0.05) is 30.0 Å². The zero-order valence-electron chi connectivity index (χ0n) is 14.2. The molecule has 1 aliphatic rings. The average molecular weight is 358 g/mol. The van der Waals surface area contributed by atoms with Gasteiger partial charge in [-0.05, 0) is 31.4 Å². The van der Waals surface area contributed by atoms with E-state index < -0.39 is 0 Å². The lowest BCUT2D eigenvalue weighted by Crippen LogP contribution is -2.44. The van der Waals surface area contributed by atoms with E-state index >= 15 is 0 Å². The van der Waals surface area contributed by atoms with Crippen molar-refractivity contribution in [2.24, 2.45) is 11.7 Å². The van der Waals surface area contributed by atoms with Crippen LogP contribution in [0.2, 0.25) is 0 Å². The van der Waals surface area contributed by atoms with Crippen molar-refractivity contribution in [1.29, 1.82) is 0 Å². The van der Waals surface area contributed by atoms with Crippen LogP contribution in [-0.4, -0.2) is 45.1 Å². The standard InChI is InChI=1S/C18H22N4O2S/c1-13-5-2-3-7-15(13)22-10-8-20-18(22)25-12-16(23)21-9-4-6-14(11-21)17(19)24/h2-3,5,7-8,10,14H,4,6,9,11-12H2,1H3,(H2,19,24). The maximum Gasteiger partial charge on any atom is 0.233 e. The monoisotopic (exact) mass is 358 g/mol. The van der Waals surface area contributed by atoms with E-state index in [0.717, 1.165) is 29.2 Å². The van der Waals surface area contributed by atoms with E-state index in [1.165, 1.54) is 11.8 Å². The molecule has 1 atom stereocenters. The highest BCUT2D eigenvalue weighted by Crippen LogP contribution is 2.24. The third-order valence-corrected chi connectivity index (χ3v) is 5.43. The molecule has 6 nitrogen and oxygen atoms in total. The molecule has 2 aromatic rings. The molecule has 1 aromatic carbocycles. The molecule has 1 fully saturated rings. The van der Waals surface area contributed by atoms with Crippen LogP contribution in [0.3, 0.4) is 0 Å². The lowest BCUT2D eigenvalue weighted by atomic mass is 9.97. The second kappa shape index (κ2) is 7.74. The van der Waals surface area contributed by atoms with E-state index in [-0.39, 0.29) is 17.7 Å². The number of carbonyl (C=O) groups is 2. The van der Waals surface area contributed by atoms with Gasteiger partial charge in [0.15, 0.2) is 5.16 Å². The van der Waals surface area contributed by atoms with Gasteiger partial charge < -0.3 is 10.6 Å². The molecule has 0 aliphatic carbocycles. The van der Waals surface area contributed by atoms with Crippen LogP contribution >= 0.6 is 11.8 Å². The minimum absolute atomic E-state index is 0.0234. The first-order valence-electron chi connectivity index (χ1n) is 8.35. The Bertz CT molecular complexity index is 774. The number of imidazole rings is 1. The molecular weight excluding hydrogens is 336 g/mol. The number of nitrogens with zero attached hydrogens (tertiary/aromatic N) is 3. The number of carbonyl (C=O) groups excluding carboxylic acids is 2. The molecular formula is C18H22N4O2S. The van der Waals surface area contributed by atoms with Crippen LogP contribution in [0.4, 0.5) is 0 Å². The number of amides is 2. The Labute approximate surface area is 151 Å². The molecule has 0 spiro atoms. The van der Waals surface area contributed by atoms with E-state index in [0.29, 0.717) is 18.8 Å². The summed E-state index contributed by atoms with van der Waals surface area (Å²) in [5.41, 5.74) is 7.59. The third-order valence-electron chi connectivity index (χ3n) is 4.48. The number of para-hydroxylation sites is 1. The summed E-state index contributed by atoms with van der Waals surface area (Å²) in [7, 11) is 0. The van der Waals surface area contributed by atoms with Crippen LogP contribution in [-0.2, 0) is 9.59 Å². The summed E-state index contributed by atoms with van der Waals surface area (Å²) < 4.78 is 2.00. The number of nitrogens with two attached hydrogens (primary N) is 1. The molecule has 2 N–H and O–H groups in total. The summed E-state index contributed by atoms with van der Waals surface area (Å²) in [6.07, 6.45) is 5.23. The van der Waals surface area contributed by atoms with Crippen molar-refractivity contribution in [3.8, 4) is 5.69 Å². The molecule has 7 heteroatoms. The number of rotatable bonds is 5. The number of aromatic nitrogens is 2. The number of thioether (sulfide) groups is 1. The van der Waals surface area contributed by atoms with Crippen LogP contribution < -0.4 is 5.73 Å². The number of hydrogen-bond donors (Lipinski definition) is 1. The minimum atomic E-state index is -0.319. The fraction of sp³-hybridized carbons (Fsp3) is 0.389. The molecule has 1 aliphatic heterocycles. The van der Waals surface area contributed by atoms with Crippen LogP contribution in [0.5, 0.6) is 0 Å². The molecule has 1 saturated heterocycles. The first-order valence-corrected chi connectivity index (χ1v) is 9.34. The van der Waals surface area contributed by atoms with Crippen molar-refractivity contribution in [3.63, 3.8) is 0 Å². The lowest BCUT2D eigenvalue weighted by Gasteiger charge is -2.31. The number of aryl methyl sites for hydroxylation is 1. The maximum atomic E-state index is 12.5. The molecule has 25 heavy (non-hydrogen) atoms. The summed E-state index contributed by atoms with van der Waals surface area (Å²) in [4.78, 5) is 30.0. The van der Waals surface area contributed by atoms with Crippen LogP contribution in [0.15, 0.2) is 41.8 Å². The highest BCUT2D eigenvalue weighted by Gasteiger charge is 2.27. The molecule has 2 amide bonds. The molecule has 1 aromatic heterocycles. The predicted molar refractivity (Wildman–Crippen MR) is 97.5 cm³/mol. The van der Waals surface area contributed by atoms with Crippen LogP contribution in [0.1, 0.15) is 18.4 Å². The summed E-state index contributed by atoms with van der Waals surface area (Å²) >= 11 is 1.41. The topological polar surface area (TPSA) is 81.2 Å². The van der Waals surface area contributed by atoms with E-state index in [1.807, 2.05) is 42.0 Å². The second-order valence-corrected chi connectivity index (χ2v) is 7.18. The van der Waals surface area contributed by atoms with E-state index in [1.54, 1.807) is 11.1 Å². The molecule has 0 radical (unpaired) electrons. The van der Waals surface area contributed by atoms with Gasteiger partial charge >= 0.3 is 0 Å². The molecule has 1 unspecified atom stereocenters. The van der Waals surface area contributed by atoms with Crippen molar-refractivity contribution in [1.82, 2.24) is 14.5 Å². The number of benzene rings is 1. The Hall–Kier alpha value is -2.28. The molecule has 0 saturated carbocycles. The number of primary amides is 1. The minimum Gasteiger partial charge on any atom is -0.369 e. The Balaban J connectivity index is 1.65. The van der Waals surface area contributed by atoms with Crippen molar-refractivity contribution in [2.45, 2.75) is 24.9 Å². The molecule has 3 rings (SSSR count).